The number of nitrogens with one attached hydrogen (secondary N) is 1. The van der Waals surface area contributed by atoms with Crippen molar-refractivity contribution >= 4 is 17.8 Å². The summed E-state index contributed by atoms with van der Waals surface area (Å²) in [6, 6.07) is 6.34. The van der Waals surface area contributed by atoms with Crippen LogP contribution in [-0.4, -0.2) is 33.0 Å². The first kappa shape index (κ1) is 12.8. The number of rotatable bonds is 2. The van der Waals surface area contributed by atoms with Crippen molar-refractivity contribution in [2.45, 2.75) is 19.3 Å². The fraction of sp³-hybridized carbons (Fsp3) is 0.200. The molecule has 0 atom stereocenters. The Morgan fingerprint density at radius 1 is 1.14 bits per heavy atom. The highest BCUT2D eigenvalue weighted by Crippen LogP contribution is 2.26. The van der Waals surface area contributed by atoms with E-state index < -0.39 is 17.8 Å². The summed E-state index contributed by atoms with van der Waals surface area (Å²) >= 11 is 0. The third-order valence-corrected chi connectivity index (χ3v) is 3.93. The number of hydrogen-bond acceptors (Lipinski definition) is 5. The van der Waals surface area contributed by atoms with Gasteiger partial charge in [0.2, 0.25) is 0 Å². The fourth-order valence-electron chi connectivity index (χ4n) is 2.86. The zero-order valence-corrected chi connectivity index (χ0v) is 11.5. The monoisotopic (exact) mass is 297 g/mol. The number of hydrogen-bond donors (Lipinski definition) is 1. The predicted octanol–water partition coefficient (Wildman–Crippen LogP) is 1.27. The zero-order chi connectivity index (χ0) is 15.3. The lowest BCUT2D eigenvalue weighted by molar-refractivity contribution is -0.0589. The number of aryl methyl sites for hydroxylation is 1. The van der Waals surface area contributed by atoms with Crippen LogP contribution in [0.4, 0.5) is 0 Å². The first-order chi connectivity index (χ1) is 10.7. The van der Waals surface area contributed by atoms with Gasteiger partial charge in [0.1, 0.15) is 0 Å². The number of amides is 2. The van der Waals surface area contributed by atoms with Gasteiger partial charge in [0.05, 0.1) is 11.1 Å². The van der Waals surface area contributed by atoms with Crippen molar-refractivity contribution in [2.75, 3.05) is 0 Å². The van der Waals surface area contributed by atoms with Gasteiger partial charge in [0.25, 0.3) is 11.8 Å². The molecular formula is C15H11N3O4. The lowest BCUT2D eigenvalue weighted by atomic mass is 10.1. The normalized spacial score (nSPS) is 15.9. The fourth-order valence-corrected chi connectivity index (χ4v) is 2.86. The molecule has 2 aliphatic rings. The Bertz CT molecular complexity index is 789. The Balaban J connectivity index is 1.61. The van der Waals surface area contributed by atoms with Crippen LogP contribution in [0.3, 0.4) is 0 Å². The van der Waals surface area contributed by atoms with E-state index in [-0.39, 0.29) is 16.8 Å². The van der Waals surface area contributed by atoms with Gasteiger partial charge in [-0.2, -0.15) is 5.10 Å². The minimum Gasteiger partial charge on any atom is -0.322 e. The Kier molecular flexibility index (Phi) is 2.62. The predicted molar refractivity (Wildman–Crippen MR) is 73.0 cm³/mol. The molecular weight excluding hydrogens is 286 g/mol. The second-order valence-corrected chi connectivity index (χ2v) is 5.21. The molecule has 0 saturated carbocycles. The van der Waals surface area contributed by atoms with E-state index in [4.69, 9.17) is 4.84 Å². The molecule has 2 amide bonds. The highest BCUT2D eigenvalue weighted by Gasteiger charge is 2.39. The van der Waals surface area contributed by atoms with Gasteiger partial charge in [-0.1, -0.05) is 17.2 Å². The number of aromatic nitrogens is 2. The SMILES string of the molecule is O=C(ON1C(=O)c2ccccc2C1=O)c1n[nH]c2c1CCC2. The highest BCUT2D eigenvalue weighted by atomic mass is 16.7. The molecule has 1 aliphatic heterocycles. The van der Waals surface area contributed by atoms with E-state index in [2.05, 4.69) is 10.2 Å². The summed E-state index contributed by atoms with van der Waals surface area (Å²) in [5, 5.41) is 7.23. The number of benzene rings is 1. The van der Waals surface area contributed by atoms with Gasteiger partial charge < -0.3 is 4.84 Å². The van der Waals surface area contributed by atoms with Gasteiger partial charge in [-0.05, 0) is 31.4 Å². The standard InChI is InChI=1S/C15H11N3O4/c19-13-8-4-1-2-5-9(8)14(20)18(13)22-15(21)12-10-6-3-7-11(10)16-17-12/h1-2,4-5H,3,6-7H2,(H,16,17). The maximum absolute atomic E-state index is 12.2. The van der Waals surface area contributed by atoms with Crippen molar-refractivity contribution < 1.29 is 19.2 Å². The molecule has 2 aromatic rings. The Hall–Kier alpha value is -2.96. The average Bonchev–Trinajstić information content (AvgIpc) is 3.18. The van der Waals surface area contributed by atoms with Crippen molar-refractivity contribution in [2.24, 2.45) is 0 Å². The smallest absolute Gasteiger partial charge is 0.322 e. The van der Waals surface area contributed by atoms with Crippen LogP contribution in [0.5, 0.6) is 0 Å². The number of imide groups is 1. The van der Waals surface area contributed by atoms with Crippen molar-refractivity contribution in [3.63, 3.8) is 0 Å². The summed E-state index contributed by atoms with van der Waals surface area (Å²) in [7, 11) is 0. The molecule has 0 bridgehead atoms. The van der Waals surface area contributed by atoms with E-state index >= 15 is 0 Å². The lowest BCUT2D eigenvalue weighted by Gasteiger charge is -2.11. The van der Waals surface area contributed by atoms with Crippen LogP contribution in [0.1, 0.15) is 48.9 Å². The number of carbonyl (C=O) groups excluding carboxylic acids is 3. The first-order valence-electron chi connectivity index (χ1n) is 6.93. The molecule has 1 aromatic carbocycles. The molecule has 0 spiro atoms. The Labute approximate surface area is 124 Å². The van der Waals surface area contributed by atoms with Crippen LogP contribution >= 0.6 is 0 Å². The summed E-state index contributed by atoms with van der Waals surface area (Å²) in [5.74, 6) is -2.07. The molecule has 4 rings (SSSR count). The minimum atomic E-state index is -0.797. The van der Waals surface area contributed by atoms with E-state index in [1.165, 1.54) is 12.1 Å². The van der Waals surface area contributed by atoms with Crippen LogP contribution < -0.4 is 0 Å². The third kappa shape index (κ3) is 1.68. The van der Waals surface area contributed by atoms with Gasteiger partial charge in [0, 0.05) is 11.3 Å². The molecule has 110 valence electrons. The Morgan fingerprint density at radius 3 is 2.50 bits per heavy atom. The number of carbonyl (C=O) groups is 3. The maximum atomic E-state index is 12.2. The number of nitrogens with zero attached hydrogens (tertiary/aromatic N) is 2. The van der Waals surface area contributed by atoms with E-state index in [1.807, 2.05) is 0 Å². The van der Waals surface area contributed by atoms with Crippen molar-refractivity contribution in [1.29, 1.82) is 0 Å². The van der Waals surface area contributed by atoms with Crippen LogP contribution in [0.2, 0.25) is 0 Å². The number of H-pyrrole nitrogens is 1. The van der Waals surface area contributed by atoms with Crippen LogP contribution in [0.15, 0.2) is 24.3 Å². The first-order valence-corrected chi connectivity index (χ1v) is 6.93. The molecule has 1 aliphatic carbocycles. The molecule has 7 nitrogen and oxygen atoms in total. The van der Waals surface area contributed by atoms with Crippen molar-refractivity contribution in [3.05, 3.63) is 52.3 Å². The summed E-state index contributed by atoms with van der Waals surface area (Å²) in [4.78, 5) is 41.5. The molecule has 0 unspecified atom stereocenters. The third-order valence-electron chi connectivity index (χ3n) is 3.93. The Morgan fingerprint density at radius 2 is 1.82 bits per heavy atom. The quantitative estimate of drug-likeness (QED) is 0.843. The van der Waals surface area contributed by atoms with Gasteiger partial charge >= 0.3 is 5.97 Å². The van der Waals surface area contributed by atoms with Gasteiger partial charge in [-0.15, -0.1) is 0 Å². The average molecular weight is 297 g/mol. The molecule has 0 radical (unpaired) electrons. The van der Waals surface area contributed by atoms with Crippen LogP contribution in [0.25, 0.3) is 0 Å². The van der Waals surface area contributed by atoms with E-state index in [0.717, 1.165) is 30.5 Å². The van der Waals surface area contributed by atoms with E-state index in [1.54, 1.807) is 12.1 Å². The minimum absolute atomic E-state index is 0.143. The van der Waals surface area contributed by atoms with Crippen molar-refractivity contribution in [1.82, 2.24) is 15.3 Å². The number of fused-ring (bicyclic) bond motifs is 2. The van der Waals surface area contributed by atoms with E-state index in [9.17, 15) is 14.4 Å². The number of aromatic amines is 1. The summed E-state index contributed by atoms with van der Waals surface area (Å²) in [5.41, 5.74) is 2.32. The van der Waals surface area contributed by atoms with Crippen molar-refractivity contribution in [3.8, 4) is 0 Å². The molecule has 0 saturated heterocycles. The maximum Gasteiger partial charge on any atom is 0.384 e. The second-order valence-electron chi connectivity index (χ2n) is 5.21. The highest BCUT2D eigenvalue weighted by molar-refractivity contribution is 6.21. The number of hydroxylamine groups is 2. The molecule has 7 heteroatoms. The largest absolute Gasteiger partial charge is 0.384 e. The summed E-state index contributed by atoms with van der Waals surface area (Å²) in [6.45, 7) is 0. The molecule has 22 heavy (non-hydrogen) atoms. The van der Waals surface area contributed by atoms with Gasteiger partial charge in [-0.3, -0.25) is 14.7 Å². The second kappa shape index (κ2) is 4.52. The molecule has 0 fully saturated rings. The van der Waals surface area contributed by atoms with E-state index in [0.29, 0.717) is 5.06 Å². The summed E-state index contributed by atoms with van der Waals surface area (Å²) in [6.07, 6.45) is 2.51. The van der Waals surface area contributed by atoms with Crippen LogP contribution in [0, 0.1) is 0 Å². The molecule has 1 aromatic heterocycles. The van der Waals surface area contributed by atoms with Gasteiger partial charge in [-0.25, -0.2) is 4.79 Å². The summed E-state index contributed by atoms with van der Waals surface area (Å²) < 4.78 is 0. The topological polar surface area (TPSA) is 92.4 Å². The zero-order valence-electron chi connectivity index (χ0n) is 11.5. The lowest BCUT2D eigenvalue weighted by Crippen LogP contribution is -2.33. The molecule has 2 heterocycles. The van der Waals surface area contributed by atoms with Crippen LogP contribution in [-0.2, 0) is 17.7 Å². The van der Waals surface area contributed by atoms with Gasteiger partial charge in [0.15, 0.2) is 5.69 Å². The molecule has 1 N–H and O–H groups in total.